The third-order valence-electron chi connectivity index (χ3n) is 11.5. The summed E-state index contributed by atoms with van der Waals surface area (Å²) >= 11 is 0. The van der Waals surface area contributed by atoms with E-state index in [9.17, 15) is 10.2 Å². The van der Waals surface area contributed by atoms with Crippen molar-refractivity contribution in [3.63, 3.8) is 0 Å². The van der Waals surface area contributed by atoms with E-state index < -0.39 is 5.79 Å². The number of hydrogen-bond acceptors (Lipinski definition) is 4. The second-order valence-electron chi connectivity index (χ2n) is 12.7. The monoisotopic (exact) mass is 430 g/mol. The molecule has 0 aromatic rings. The zero-order valence-corrected chi connectivity index (χ0v) is 19.8. The summed E-state index contributed by atoms with van der Waals surface area (Å²) in [6.45, 7) is 10.2. The molecule has 0 radical (unpaired) electrons. The van der Waals surface area contributed by atoms with Crippen LogP contribution >= 0.6 is 0 Å². The average Bonchev–Trinajstić information content (AvgIpc) is 3.18. The number of aliphatic hydroxyl groups excluding tert-OH is 2. The average molecular weight is 431 g/mol. The highest BCUT2D eigenvalue weighted by atomic mass is 16.7. The van der Waals surface area contributed by atoms with Gasteiger partial charge in [0.15, 0.2) is 5.79 Å². The van der Waals surface area contributed by atoms with Crippen LogP contribution < -0.4 is 0 Å². The summed E-state index contributed by atoms with van der Waals surface area (Å²) in [6, 6.07) is 0. The van der Waals surface area contributed by atoms with Gasteiger partial charge in [0.05, 0.1) is 24.9 Å². The Labute approximate surface area is 187 Å². The third-order valence-corrected chi connectivity index (χ3v) is 11.5. The molecule has 0 bridgehead atoms. The maximum atomic E-state index is 11.8. The molecule has 174 valence electrons. The Morgan fingerprint density at radius 1 is 1.03 bits per heavy atom. The smallest absolute Gasteiger partial charge is 0.171 e. The summed E-state index contributed by atoms with van der Waals surface area (Å²) in [5.74, 6) is 2.58. The topological polar surface area (TPSA) is 58.9 Å². The van der Waals surface area contributed by atoms with Crippen LogP contribution in [0.1, 0.15) is 79.1 Å². The SMILES string of the molecule is CC1CCC2(OC1)OC1C[C@@H]3[C@@H]4CC=C5CC(O)CC[C@]5(C)[C@@H]4C[C@@H](O)[C@]3(C)C1[C@H]2C. The fourth-order valence-electron chi connectivity index (χ4n) is 9.61. The Balaban J connectivity index is 1.32. The molecule has 12 atom stereocenters. The van der Waals surface area contributed by atoms with E-state index in [0.717, 1.165) is 51.6 Å². The van der Waals surface area contributed by atoms with Gasteiger partial charge in [0, 0.05) is 23.7 Å². The fourth-order valence-corrected chi connectivity index (χ4v) is 9.61. The molecule has 2 aliphatic heterocycles. The van der Waals surface area contributed by atoms with Crippen molar-refractivity contribution in [3.8, 4) is 0 Å². The van der Waals surface area contributed by atoms with Gasteiger partial charge in [-0.3, -0.25) is 0 Å². The molecule has 2 N–H and O–H groups in total. The lowest BCUT2D eigenvalue weighted by Gasteiger charge is -2.60. The summed E-state index contributed by atoms with van der Waals surface area (Å²) < 4.78 is 13.2. The van der Waals surface area contributed by atoms with E-state index in [1.54, 1.807) is 0 Å². The molecule has 2 heterocycles. The van der Waals surface area contributed by atoms with Crippen molar-refractivity contribution in [2.24, 2.45) is 46.3 Å². The van der Waals surface area contributed by atoms with Gasteiger partial charge >= 0.3 is 0 Å². The number of ether oxygens (including phenoxy) is 2. The van der Waals surface area contributed by atoms with Crippen LogP contribution in [-0.2, 0) is 9.47 Å². The Bertz CT molecular complexity index is 769. The second-order valence-corrected chi connectivity index (χ2v) is 12.7. The van der Waals surface area contributed by atoms with Crippen molar-refractivity contribution in [2.75, 3.05) is 6.61 Å². The Morgan fingerprint density at radius 3 is 2.58 bits per heavy atom. The molecule has 2 saturated heterocycles. The van der Waals surface area contributed by atoms with Crippen molar-refractivity contribution < 1.29 is 19.7 Å². The van der Waals surface area contributed by atoms with Gasteiger partial charge in [-0.15, -0.1) is 0 Å². The lowest BCUT2D eigenvalue weighted by atomic mass is 9.46. The second kappa shape index (κ2) is 6.81. The molecule has 0 amide bonds. The lowest BCUT2D eigenvalue weighted by Crippen LogP contribution is -2.57. The molecule has 6 aliphatic rings. The molecule has 0 aromatic heterocycles. The molecular formula is C27H42O4. The van der Waals surface area contributed by atoms with Gasteiger partial charge < -0.3 is 19.7 Å². The summed E-state index contributed by atoms with van der Waals surface area (Å²) in [4.78, 5) is 0. The van der Waals surface area contributed by atoms with Gasteiger partial charge in [0.25, 0.3) is 0 Å². The van der Waals surface area contributed by atoms with E-state index >= 15 is 0 Å². The fraction of sp³-hybridized carbons (Fsp3) is 0.926. The first-order valence-electron chi connectivity index (χ1n) is 13.1. The Morgan fingerprint density at radius 2 is 1.84 bits per heavy atom. The van der Waals surface area contributed by atoms with E-state index in [1.807, 2.05) is 0 Å². The van der Waals surface area contributed by atoms with E-state index in [1.165, 1.54) is 12.0 Å². The van der Waals surface area contributed by atoms with Crippen LogP contribution in [0.15, 0.2) is 11.6 Å². The maximum Gasteiger partial charge on any atom is 0.171 e. The predicted molar refractivity (Wildman–Crippen MR) is 119 cm³/mol. The zero-order chi connectivity index (χ0) is 21.8. The van der Waals surface area contributed by atoms with Crippen LogP contribution in [0, 0.1) is 46.3 Å². The van der Waals surface area contributed by atoms with E-state index in [4.69, 9.17) is 9.47 Å². The van der Waals surface area contributed by atoms with E-state index in [2.05, 4.69) is 33.8 Å². The van der Waals surface area contributed by atoms with Gasteiger partial charge in [-0.05, 0) is 74.0 Å². The van der Waals surface area contributed by atoms with Crippen LogP contribution in [0.5, 0.6) is 0 Å². The number of hydrogen-bond donors (Lipinski definition) is 2. The molecule has 0 aromatic carbocycles. The van der Waals surface area contributed by atoms with Crippen LogP contribution in [0.25, 0.3) is 0 Å². The quantitative estimate of drug-likeness (QED) is 0.548. The predicted octanol–water partition coefficient (Wildman–Crippen LogP) is 4.68. The minimum absolute atomic E-state index is 0.0863. The van der Waals surface area contributed by atoms with Gasteiger partial charge in [0.2, 0.25) is 0 Å². The lowest BCUT2D eigenvalue weighted by molar-refractivity contribution is -0.273. The first kappa shape index (κ1) is 21.1. The number of rotatable bonds is 0. The van der Waals surface area contributed by atoms with Gasteiger partial charge in [-0.2, -0.15) is 0 Å². The molecule has 6 rings (SSSR count). The van der Waals surface area contributed by atoms with Crippen molar-refractivity contribution in [3.05, 3.63) is 11.6 Å². The minimum atomic E-state index is -0.419. The van der Waals surface area contributed by atoms with Gasteiger partial charge in [0.1, 0.15) is 0 Å². The molecule has 5 fully saturated rings. The summed E-state index contributed by atoms with van der Waals surface area (Å²) in [5, 5.41) is 22.0. The summed E-state index contributed by atoms with van der Waals surface area (Å²) in [7, 11) is 0. The minimum Gasteiger partial charge on any atom is -0.393 e. The number of aliphatic hydroxyl groups is 2. The van der Waals surface area contributed by atoms with Crippen LogP contribution in [-0.4, -0.2) is 40.9 Å². The van der Waals surface area contributed by atoms with Crippen LogP contribution in [0.2, 0.25) is 0 Å². The Kier molecular flexibility index (Phi) is 4.64. The van der Waals surface area contributed by atoms with Crippen LogP contribution in [0.3, 0.4) is 0 Å². The molecule has 4 nitrogen and oxygen atoms in total. The molecule has 31 heavy (non-hydrogen) atoms. The van der Waals surface area contributed by atoms with E-state index in [-0.39, 0.29) is 29.1 Å². The molecule has 1 spiro atoms. The molecule has 5 unspecified atom stereocenters. The first-order chi connectivity index (χ1) is 14.7. The molecular weight excluding hydrogens is 388 g/mol. The largest absolute Gasteiger partial charge is 0.393 e. The standard InChI is InChI=1S/C27H42O4/c1-15-7-10-27(30-14-15)16(2)24-22(31-27)12-21-19-6-5-17-11-18(28)8-9-25(17,3)20(19)13-23(29)26(21,24)4/h5,15-16,18-24,28-29H,6-14H2,1-4H3/t15?,16-,18?,19-,20-,21-,22?,23-,24?,25+,26-,27?/m1/s1. The molecule has 4 heteroatoms. The van der Waals surface area contributed by atoms with Crippen LogP contribution in [0.4, 0.5) is 0 Å². The van der Waals surface area contributed by atoms with Crippen molar-refractivity contribution >= 4 is 0 Å². The number of fused-ring (bicyclic) bond motifs is 7. The van der Waals surface area contributed by atoms with E-state index in [0.29, 0.717) is 35.5 Å². The number of allylic oxidation sites excluding steroid dienone is 1. The van der Waals surface area contributed by atoms with Gasteiger partial charge in [-0.25, -0.2) is 0 Å². The first-order valence-corrected chi connectivity index (χ1v) is 13.1. The molecule has 3 saturated carbocycles. The highest BCUT2D eigenvalue weighted by Crippen LogP contribution is 2.70. The Hall–Kier alpha value is -0.420. The van der Waals surface area contributed by atoms with Gasteiger partial charge in [-0.1, -0.05) is 39.3 Å². The van der Waals surface area contributed by atoms with Crippen molar-refractivity contribution in [2.45, 2.75) is 103 Å². The third kappa shape index (κ3) is 2.68. The van der Waals surface area contributed by atoms with Crippen molar-refractivity contribution in [1.29, 1.82) is 0 Å². The van der Waals surface area contributed by atoms with Crippen molar-refractivity contribution in [1.82, 2.24) is 0 Å². The maximum absolute atomic E-state index is 11.8. The normalized spacial score (nSPS) is 60.7. The summed E-state index contributed by atoms with van der Waals surface area (Å²) in [5.41, 5.74) is 1.53. The highest BCUT2D eigenvalue weighted by Gasteiger charge is 2.71. The molecule has 4 aliphatic carbocycles. The highest BCUT2D eigenvalue weighted by molar-refractivity contribution is 5.27. The summed E-state index contributed by atoms with van der Waals surface area (Å²) in [6.07, 6.45) is 10.3. The zero-order valence-electron chi connectivity index (χ0n) is 19.8.